The number of benzene rings is 2. The lowest BCUT2D eigenvalue weighted by atomic mass is 9.78. The molecule has 3 rings (SSSR count). The predicted molar refractivity (Wildman–Crippen MR) is 104 cm³/mol. The fraction of sp³-hybridized carbons (Fsp3) is 0.318. The Balaban J connectivity index is 1.81. The third-order valence-electron chi connectivity index (χ3n) is 5.24. The summed E-state index contributed by atoms with van der Waals surface area (Å²) in [5.74, 6) is -4.58. The Hall–Kier alpha value is -3.35. The summed E-state index contributed by atoms with van der Waals surface area (Å²) in [6, 6.07) is 13.9. The molecule has 7 heteroatoms. The third kappa shape index (κ3) is 5.13. The largest absolute Gasteiger partial charge is 0.550 e. The zero-order chi connectivity index (χ0) is 20.8. The molecular weight excluding hydrogens is 372 g/mol. The molecule has 1 fully saturated rings. The lowest BCUT2D eigenvalue weighted by Gasteiger charge is -2.31. The van der Waals surface area contributed by atoms with Gasteiger partial charge in [-0.3, -0.25) is 4.79 Å². The van der Waals surface area contributed by atoms with Crippen molar-refractivity contribution >= 4 is 29.2 Å². The molecule has 1 saturated carbocycles. The average Bonchev–Trinajstić information content (AvgIpc) is 2.73. The highest BCUT2D eigenvalue weighted by Crippen LogP contribution is 2.32. The number of hydrogen-bond donors (Lipinski definition) is 2. The molecular formula is C22H22N2O5-2. The van der Waals surface area contributed by atoms with Gasteiger partial charge in [-0.25, -0.2) is 0 Å². The number of aromatic carboxylic acids is 1. The molecule has 7 nitrogen and oxygen atoms in total. The molecule has 2 aromatic carbocycles. The second-order valence-corrected chi connectivity index (χ2v) is 7.19. The maximum Gasteiger partial charge on any atom is 0.228 e. The number of rotatable bonds is 7. The van der Waals surface area contributed by atoms with E-state index in [4.69, 9.17) is 0 Å². The van der Waals surface area contributed by atoms with Crippen LogP contribution in [0.2, 0.25) is 0 Å². The zero-order valence-corrected chi connectivity index (χ0v) is 15.9. The first-order valence-corrected chi connectivity index (χ1v) is 9.60. The van der Waals surface area contributed by atoms with E-state index in [0.717, 1.165) is 18.4 Å². The Morgan fingerprint density at radius 1 is 0.897 bits per heavy atom. The van der Waals surface area contributed by atoms with Crippen molar-refractivity contribution in [2.75, 3.05) is 10.6 Å². The molecule has 1 amide bonds. The normalized spacial score (nSPS) is 18.6. The monoisotopic (exact) mass is 394 g/mol. The maximum absolute atomic E-state index is 12.8. The molecule has 152 valence electrons. The molecule has 0 saturated heterocycles. The Kier molecular flexibility index (Phi) is 6.49. The number of anilines is 2. The Bertz CT molecular complexity index is 897. The fourth-order valence-corrected chi connectivity index (χ4v) is 3.67. The summed E-state index contributed by atoms with van der Waals surface area (Å²) in [5.41, 5.74) is 1.74. The van der Waals surface area contributed by atoms with Gasteiger partial charge in [-0.05, 0) is 36.1 Å². The summed E-state index contributed by atoms with van der Waals surface area (Å²) in [5, 5.41) is 28.5. The number of aliphatic carboxylic acids is 1. The van der Waals surface area contributed by atoms with Crippen LogP contribution in [0.4, 0.5) is 11.4 Å². The number of amides is 1. The summed E-state index contributed by atoms with van der Waals surface area (Å²) in [6.07, 6.45) is 2.36. The van der Waals surface area contributed by atoms with E-state index in [2.05, 4.69) is 10.6 Å². The van der Waals surface area contributed by atoms with Crippen molar-refractivity contribution in [2.24, 2.45) is 11.8 Å². The smallest absolute Gasteiger partial charge is 0.228 e. The van der Waals surface area contributed by atoms with Gasteiger partial charge < -0.3 is 30.4 Å². The van der Waals surface area contributed by atoms with Crippen LogP contribution in [0.3, 0.4) is 0 Å². The van der Waals surface area contributed by atoms with E-state index in [0.29, 0.717) is 25.1 Å². The molecule has 29 heavy (non-hydrogen) atoms. The summed E-state index contributed by atoms with van der Waals surface area (Å²) in [6.45, 7) is 0.472. The topological polar surface area (TPSA) is 121 Å². The minimum atomic E-state index is -1.36. The van der Waals surface area contributed by atoms with Gasteiger partial charge in [-0.15, -0.1) is 0 Å². The van der Waals surface area contributed by atoms with Gasteiger partial charge in [0.25, 0.3) is 0 Å². The summed E-state index contributed by atoms with van der Waals surface area (Å²) in [4.78, 5) is 35.4. The van der Waals surface area contributed by atoms with Crippen LogP contribution in [-0.4, -0.2) is 17.8 Å². The number of carbonyl (C=O) groups is 3. The maximum atomic E-state index is 12.8. The van der Waals surface area contributed by atoms with Crippen LogP contribution in [0, 0.1) is 11.8 Å². The van der Waals surface area contributed by atoms with E-state index >= 15 is 0 Å². The summed E-state index contributed by atoms with van der Waals surface area (Å²) < 4.78 is 0. The van der Waals surface area contributed by atoms with E-state index in [-0.39, 0.29) is 11.3 Å². The van der Waals surface area contributed by atoms with E-state index in [1.807, 2.05) is 30.3 Å². The highest BCUT2D eigenvalue weighted by molar-refractivity contribution is 5.99. The predicted octanol–water partition coefficient (Wildman–Crippen LogP) is 1.16. The van der Waals surface area contributed by atoms with Gasteiger partial charge in [0.15, 0.2) is 0 Å². The van der Waals surface area contributed by atoms with Crippen molar-refractivity contribution in [1.82, 2.24) is 0 Å². The molecule has 2 aromatic rings. The van der Waals surface area contributed by atoms with Gasteiger partial charge in [0.1, 0.15) is 0 Å². The molecule has 1 aliphatic carbocycles. The minimum absolute atomic E-state index is 0.0781. The molecule has 0 heterocycles. The molecule has 0 radical (unpaired) electrons. The van der Waals surface area contributed by atoms with Gasteiger partial charge in [0.2, 0.25) is 5.91 Å². The zero-order valence-electron chi connectivity index (χ0n) is 15.9. The molecule has 0 aliphatic heterocycles. The van der Waals surface area contributed by atoms with Gasteiger partial charge in [0.05, 0.1) is 17.3 Å². The highest BCUT2D eigenvalue weighted by atomic mass is 16.4. The highest BCUT2D eigenvalue weighted by Gasteiger charge is 2.32. The standard InChI is InChI=1S/C22H24N2O5/c25-20(16-8-4-5-9-17(16)22(28)29)24-19-12-15(21(26)27)10-11-18(19)23-13-14-6-2-1-3-7-14/h1-3,6-7,10-12,16-17,23H,4-5,8-9,13H2,(H,24,25)(H,26,27)(H,28,29)/p-2/t16-,17-/m0/s1. The lowest BCUT2D eigenvalue weighted by Crippen LogP contribution is -2.42. The Morgan fingerprint density at radius 3 is 2.24 bits per heavy atom. The fourth-order valence-electron chi connectivity index (χ4n) is 3.67. The Labute approximate surface area is 168 Å². The van der Waals surface area contributed by atoms with E-state index in [9.17, 15) is 24.6 Å². The Morgan fingerprint density at radius 2 is 1.59 bits per heavy atom. The van der Waals surface area contributed by atoms with Crippen molar-refractivity contribution in [2.45, 2.75) is 32.2 Å². The van der Waals surface area contributed by atoms with Crippen molar-refractivity contribution < 1.29 is 24.6 Å². The van der Waals surface area contributed by atoms with Crippen LogP contribution in [0.5, 0.6) is 0 Å². The van der Waals surface area contributed by atoms with Gasteiger partial charge >= 0.3 is 0 Å². The number of carboxylic acids is 2. The first-order chi connectivity index (χ1) is 14.0. The second kappa shape index (κ2) is 9.23. The molecule has 0 aromatic heterocycles. The average molecular weight is 394 g/mol. The number of hydrogen-bond acceptors (Lipinski definition) is 6. The quantitative estimate of drug-likeness (QED) is 0.727. The SMILES string of the molecule is O=C([O-])c1ccc(NCc2ccccc2)c(NC(=O)[C@H]2CCCC[C@@H]2C(=O)[O-])c1. The molecule has 0 unspecified atom stereocenters. The van der Waals surface area contributed by atoms with Crippen LogP contribution >= 0.6 is 0 Å². The van der Waals surface area contributed by atoms with Crippen LogP contribution in [-0.2, 0) is 16.1 Å². The first kappa shape index (κ1) is 20.4. The van der Waals surface area contributed by atoms with Crippen LogP contribution < -0.4 is 20.8 Å². The summed E-state index contributed by atoms with van der Waals surface area (Å²) >= 11 is 0. The minimum Gasteiger partial charge on any atom is -0.550 e. The van der Waals surface area contributed by atoms with E-state index < -0.39 is 29.7 Å². The third-order valence-corrected chi connectivity index (χ3v) is 5.24. The molecule has 2 atom stereocenters. The van der Waals surface area contributed by atoms with E-state index in [1.54, 1.807) is 6.07 Å². The first-order valence-electron chi connectivity index (χ1n) is 9.60. The number of carboxylic acid groups (broad SMARTS) is 2. The van der Waals surface area contributed by atoms with Crippen LogP contribution in [0.25, 0.3) is 0 Å². The molecule has 0 spiro atoms. The van der Waals surface area contributed by atoms with Crippen molar-refractivity contribution in [3.8, 4) is 0 Å². The number of carbonyl (C=O) groups excluding carboxylic acids is 3. The van der Waals surface area contributed by atoms with Crippen LogP contribution in [0.1, 0.15) is 41.6 Å². The van der Waals surface area contributed by atoms with Crippen molar-refractivity contribution in [3.63, 3.8) is 0 Å². The number of nitrogens with one attached hydrogen (secondary N) is 2. The van der Waals surface area contributed by atoms with Crippen LogP contribution in [0.15, 0.2) is 48.5 Å². The molecule has 0 bridgehead atoms. The van der Waals surface area contributed by atoms with Gasteiger partial charge in [-0.1, -0.05) is 49.2 Å². The van der Waals surface area contributed by atoms with E-state index in [1.165, 1.54) is 12.1 Å². The summed E-state index contributed by atoms with van der Waals surface area (Å²) in [7, 11) is 0. The molecule has 2 N–H and O–H groups in total. The second-order valence-electron chi connectivity index (χ2n) is 7.19. The van der Waals surface area contributed by atoms with Crippen molar-refractivity contribution in [3.05, 3.63) is 59.7 Å². The van der Waals surface area contributed by atoms with Gasteiger partial charge in [0, 0.05) is 24.3 Å². The van der Waals surface area contributed by atoms with Gasteiger partial charge in [-0.2, -0.15) is 0 Å². The van der Waals surface area contributed by atoms with Crippen molar-refractivity contribution in [1.29, 1.82) is 0 Å². The molecule has 1 aliphatic rings. The lowest BCUT2D eigenvalue weighted by molar-refractivity contribution is -0.313.